The fourth-order valence-electron chi connectivity index (χ4n) is 1.42. The molecule has 1 rings (SSSR count). The summed E-state index contributed by atoms with van der Waals surface area (Å²) in [6, 6.07) is 3.71. The van der Waals surface area contributed by atoms with Crippen LogP contribution in [0.2, 0.25) is 0 Å². The quantitative estimate of drug-likeness (QED) is 0.615. The van der Waals surface area contributed by atoms with E-state index in [1.54, 1.807) is 13.3 Å². The summed E-state index contributed by atoms with van der Waals surface area (Å²) in [5, 5.41) is 0. The lowest BCUT2D eigenvalue weighted by atomic mass is 10.2. The van der Waals surface area contributed by atoms with Crippen LogP contribution in [0.1, 0.15) is 18.5 Å². The molecule has 0 aliphatic heterocycles. The number of hydrogen-bond acceptors (Lipinski definition) is 6. The van der Waals surface area contributed by atoms with Crippen molar-refractivity contribution in [2.24, 2.45) is 5.73 Å². The van der Waals surface area contributed by atoms with Gasteiger partial charge in [-0.15, -0.1) is 0 Å². The Morgan fingerprint density at radius 2 is 1.70 bits per heavy atom. The first kappa shape index (κ1) is 16.8. The second kappa shape index (κ2) is 10.6. The molecule has 1 heterocycles. The average molecular weight is 284 g/mol. The van der Waals surface area contributed by atoms with Gasteiger partial charge in [-0.3, -0.25) is 0 Å². The first-order valence-corrected chi connectivity index (χ1v) is 6.72. The Labute approximate surface area is 120 Å². The highest BCUT2D eigenvalue weighted by Crippen LogP contribution is 2.12. The van der Waals surface area contributed by atoms with E-state index in [-0.39, 0.29) is 6.04 Å². The SMILES string of the molecule is COCCOCCOCCOc1ccc(C(C)N)cn1. The van der Waals surface area contributed by atoms with Gasteiger partial charge in [0.25, 0.3) is 0 Å². The summed E-state index contributed by atoms with van der Waals surface area (Å²) in [5.41, 5.74) is 6.73. The third-order valence-electron chi connectivity index (χ3n) is 2.57. The number of aromatic nitrogens is 1. The van der Waals surface area contributed by atoms with E-state index >= 15 is 0 Å². The van der Waals surface area contributed by atoms with Crippen LogP contribution in [0.5, 0.6) is 5.88 Å². The van der Waals surface area contributed by atoms with Crippen LogP contribution in [0.4, 0.5) is 0 Å². The summed E-state index contributed by atoms with van der Waals surface area (Å²) in [7, 11) is 1.64. The van der Waals surface area contributed by atoms with Crippen molar-refractivity contribution in [3.8, 4) is 5.88 Å². The molecule has 2 N–H and O–H groups in total. The number of nitrogens with two attached hydrogens (primary N) is 1. The van der Waals surface area contributed by atoms with Crippen LogP contribution in [0.15, 0.2) is 18.3 Å². The molecule has 6 heteroatoms. The Kier molecular flexibility index (Phi) is 8.90. The van der Waals surface area contributed by atoms with Crippen LogP contribution in [-0.2, 0) is 14.2 Å². The maximum atomic E-state index is 5.74. The molecule has 0 bridgehead atoms. The molecule has 0 saturated heterocycles. The normalized spacial score (nSPS) is 12.3. The molecule has 0 aliphatic carbocycles. The van der Waals surface area contributed by atoms with E-state index in [4.69, 9.17) is 24.7 Å². The highest BCUT2D eigenvalue weighted by molar-refractivity contribution is 5.19. The van der Waals surface area contributed by atoms with Gasteiger partial charge in [0, 0.05) is 25.4 Å². The zero-order valence-corrected chi connectivity index (χ0v) is 12.2. The van der Waals surface area contributed by atoms with Gasteiger partial charge < -0.3 is 24.7 Å². The van der Waals surface area contributed by atoms with Gasteiger partial charge in [0.05, 0.1) is 33.0 Å². The van der Waals surface area contributed by atoms with E-state index < -0.39 is 0 Å². The van der Waals surface area contributed by atoms with Crippen LogP contribution < -0.4 is 10.5 Å². The Balaban J connectivity index is 2.01. The lowest BCUT2D eigenvalue weighted by molar-refractivity contribution is 0.0176. The molecule has 0 saturated carbocycles. The van der Waals surface area contributed by atoms with Gasteiger partial charge in [0.1, 0.15) is 6.61 Å². The van der Waals surface area contributed by atoms with Gasteiger partial charge in [0.15, 0.2) is 0 Å². The summed E-state index contributed by atoms with van der Waals surface area (Å²) in [6.45, 7) is 5.18. The average Bonchev–Trinajstić information content (AvgIpc) is 2.46. The lowest BCUT2D eigenvalue weighted by Crippen LogP contribution is -2.12. The smallest absolute Gasteiger partial charge is 0.213 e. The van der Waals surface area contributed by atoms with Crippen molar-refractivity contribution in [3.63, 3.8) is 0 Å². The molecule has 0 amide bonds. The molecule has 114 valence electrons. The van der Waals surface area contributed by atoms with Gasteiger partial charge in [-0.2, -0.15) is 0 Å². The van der Waals surface area contributed by atoms with Crippen LogP contribution in [-0.4, -0.2) is 51.7 Å². The molecule has 1 aromatic heterocycles. The molecule has 0 spiro atoms. The molecule has 0 fully saturated rings. The minimum atomic E-state index is -0.0157. The molecule has 6 nitrogen and oxygen atoms in total. The summed E-state index contributed by atoms with van der Waals surface area (Å²) in [6.07, 6.45) is 1.73. The van der Waals surface area contributed by atoms with E-state index in [1.165, 1.54) is 0 Å². The minimum absolute atomic E-state index is 0.0157. The van der Waals surface area contributed by atoms with Gasteiger partial charge >= 0.3 is 0 Å². The third kappa shape index (κ3) is 7.40. The van der Waals surface area contributed by atoms with E-state index in [0.29, 0.717) is 45.5 Å². The van der Waals surface area contributed by atoms with Gasteiger partial charge in [-0.25, -0.2) is 4.98 Å². The molecule has 0 aromatic carbocycles. The monoisotopic (exact) mass is 284 g/mol. The fraction of sp³-hybridized carbons (Fsp3) is 0.643. The Morgan fingerprint density at radius 3 is 2.25 bits per heavy atom. The minimum Gasteiger partial charge on any atom is -0.475 e. The van der Waals surface area contributed by atoms with Crippen molar-refractivity contribution >= 4 is 0 Å². The molecule has 0 radical (unpaired) electrons. The van der Waals surface area contributed by atoms with Crippen molar-refractivity contribution in [2.45, 2.75) is 13.0 Å². The van der Waals surface area contributed by atoms with Crippen molar-refractivity contribution in [1.82, 2.24) is 4.98 Å². The topological polar surface area (TPSA) is 75.8 Å². The lowest BCUT2D eigenvalue weighted by Gasteiger charge is -2.08. The predicted octanol–water partition coefficient (Wildman–Crippen LogP) is 1.16. The molecule has 20 heavy (non-hydrogen) atoms. The molecule has 1 unspecified atom stereocenters. The zero-order chi connectivity index (χ0) is 14.6. The van der Waals surface area contributed by atoms with Crippen LogP contribution in [0.25, 0.3) is 0 Å². The van der Waals surface area contributed by atoms with Crippen molar-refractivity contribution in [3.05, 3.63) is 23.9 Å². The largest absolute Gasteiger partial charge is 0.475 e. The summed E-state index contributed by atoms with van der Waals surface area (Å²) in [4.78, 5) is 4.17. The number of rotatable bonds is 11. The highest BCUT2D eigenvalue weighted by atomic mass is 16.6. The van der Waals surface area contributed by atoms with Crippen LogP contribution in [0.3, 0.4) is 0 Å². The standard InChI is InChI=1S/C14H24N2O4/c1-12(15)13-3-4-14(16-11-13)20-10-9-19-8-7-18-6-5-17-2/h3-4,11-12H,5-10,15H2,1-2H3. The van der Waals surface area contributed by atoms with Gasteiger partial charge in [-0.1, -0.05) is 6.07 Å². The summed E-state index contributed by atoms with van der Waals surface area (Å²) >= 11 is 0. The van der Waals surface area contributed by atoms with E-state index in [1.807, 2.05) is 19.1 Å². The second-order valence-electron chi connectivity index (χ2n) is 4.28. The van der Waals surface area contributed by atoms with Crippen molar-refractivity contribution < 1.29 is 18.9 Å². The molecule has 1 aromatic rings. The fourth-order valence-corrected chi connectivity index (χ4v) is 1.42. The second-order valence-corrected chi connectivity index (χ2v) is 4.28. The maximum absolute atomic E-state index is 5.74. The number of nitrogens with zero attached hydrogens (tertiary/aromatic N) is 1. The first-order valence-electron chi connectivity index (χ1n) is 6.72. The number of pyridine rings is 1. The first-order chi connectivity index (χ1) is 9.74. The number of methoxy groups -OCH3 is 1. The van der Waals surface area contributed by atoms with E-state index in [9.17, 15) is 0 Å². The number of hydrogen-bond donors (Lipinski definition) is 1. The molecule has 1 atom stereocenters. The van der Waals surface area contributed by atoms with Gasteiger partial charge in [-0.05, 0) is 12.5 Å². The summed E-state index contributed by atoms with van der Waals surface area (Å²) in [5.74, 6) is 0.578. The summed E-state index contributed by atoms with van der Waals surface area (Å²) < 4.78 is 20.9. The highest BCUT2D eigenvalue weighted by Gasteiger charge is 2.00. The van der Waals surface area contributed by atoms with E-state index in [2.05, 4.69) is 4.98 Å². The number of ether oxygens (including phenoxy) is 4. The van der Waals surface area contributed by atoms with Gasteiger partial charge in [0.2, 0.25) is 5.88 Å². The maximum Gasteiger partial charge on any atom is 0.213 e. The Bertz CT molecular complexity index is 344. The Hall–Kier alpha value is -1.21. The molecular formula is C14H24N2O4. The Morgan fingerprint density at radius 1 is 1.05 bits per heavy atom. The van der Waals surface area contributed by atoms with E-state index in [0.717, 1.165) is 5.56 Å². The molecular weight excluding hydrogens is 260 g/mol. The predicted molar refractivity (Wildman–Crippen MR) is 75.8 cm³/mol. The zero-order valence-electron chi connectivity index (χ0n) is 12.2. The van der Waals surface area contributed by atoms with Crippen LogP contribution >= 0.6 is 0 Å². The third-order valence-corrected chi connectivity index (χ3v) is 2.57. The van der Waals surface area contributed by atoms with Crippen molar-refractivity contribution in [2.75, 3.05) is 46.8 Å². The van der Waals surface area contributed by atoms with Crippen LogP contribution in [0, 0.1) is 0 Å². The van der Waals surface area contributed by atoms with Crippen molar-refractivity contribution in [1.29, 1.82) is 0 Å². The molecule has 0 aliphatic rings.